The molecule has 1 aliphatic heterocycles. The van der Waals surface area contributed by atoms with E-state index in [1.165, 1.54) is 16.4 Å². The van der Waals surface area contributed by atoms with Crippen LogP contribution in [0.15, 0.2) is 77.7 Å². The topological polar surface area (TPSA) is 79.0 Å². The van der Waals surface area contributed by atoms with Crippen LogP contribution in [0, 0.1) is 0 Å². The summed E-state index contributed by atoms with van der Waals surface area (Å²) < 4.78 is 33.5. The summed E-state index contributed by atoms with van der Waals surface area (Å²) in [5.41, 5.74) is 0.674. The average Bonchev–Trinajstić information content (AvgIpc) is 2.82. The Morgan fingerprint density at radius 3 is 2.30 bits per heavy atom. The minimum atomic E-state index is -3.68. The zero-order valence-electron chi connectivity index (χ0n) is 18.1. The van der Waals surface area contributed by atoms with Crippen molar-refractivity contribution in [1.82, 2.24) is 9.21 Å². The van der Waals surface area contributed by atoms with Gasteiger partial charge in [-0.25, -0.2) is 8.42 Å². The number of nitrogens with zero attached hydrogens (tertiary/aromatic N) is 2. The summed E-state index contributed by atoms with van der Waals surface area (Å²) in [5, 5.41) is 3.25. The number of hydrogen-bond donors (Lipinski definition) is 1. The van der Waals surface area contributed by atoms with E-state index in [0.717, 1.165) is 0 Å². The number of likely N-dealkylation sites (N-methyl/N-ethyl adjacent to an activating group) is 1. The van der Waals surface area contributed by atoms with Crippen molar-refractivity contribution in [2.45, 2.75) is 4.90 Å². The summed E-state index contributed by atoms with van der Waals surface area (Å²) in [6, 6.07) is 20.1. The predicted octanol–water partition coefficient (Wildman–Crippen LogP) is 4.32. The van der Waals surface area contributed by atoms with Gasteiger partial charge in [-0.15, -0.1) is 0 Å². The van der Waals surface area contributed by atoms with Crippen LogP contribution in [0.1, 0.15) is 10.4 Å². The molecule has 1 heterocycles. The van der Waals surface area contributed by atoms with Crippen molar-refractivity contribution in [3.8, 4) is 11.5 Å². The van der Waals surface area contributed by atoms with Gasteiger partial charge in [0.2, 0.25) is 10.0 Å². The summed E-state index contributed by atoms with van der Waals surface area (Å²) in [6.07, 6.45) is 0. The van der Waals surface area contributed by atoms with E-state index >= 15 is 0 Å². The lowest BCUT2D eigenvalue weighted by Crippen LogP contribution is -2.47. The maximum atomic E-state index is 13.1. The van der Waals surface area contributed by atoms with Crippen molar-refractivity contribution < 1.29 is 17.9 Å². The number of para-hydroxylation sites is 3. The molecule has 1 fully saturated rings. The molecule has 4 rings (SSSR count). The van der Waals surface area contributed by atoms with Crippen LogP contribution in [0.4, 0.5) is 5.69 Å². The molecule has 0 radical (unpaired) electrons. The van der Waals surface area contributed by atoms with Gasteiger partial charge in [0.05, 0.1) is 15.6 Å². The van der Waals surface area contributed by atoms with Gasteiger partial charge in [-0.3, -0.25) is 4.79 Å². The highest BCUT2D eigenvalue weighted by atomic mass is 35.5. The largest absolute Gasteiger partial charge is 0.454 e. The van der Waals surface area contributed by atoms with Crippen LogP contribution in [0.25, 0.3) is 0 Å². The third-order valence-corrected chi connectivity index (χ3v) is 7.59. The van der Waals surface area contributed by atoms with Crippen molar-refractivity contribution in [2.75, 3.05) is 38.5 Å². The maximum absolute atomic E-state index is 13.1. The van der Waals surface area contributed by atoms with E-state index in [0.29, 0.717) is 48.4 Å². The fraction of sp³-hybridized carbons (Fsp3) is 0.208. The van der Waals surface area contributed by atoms with Crippen LogP contribution in [0.2, 0.25) is 5.02 Å². The number of carbonyl (C=O) groups excluding carboxylic acids is 1. The molecular weight excluding hydrogens is 462 g/mol. The second-order valence-electron chi connectivity index (χ2n) is 7.72. The molecule has 1 saturated heterocycles. The molecule has 0 atom stereocenters. The van der Waals surface area contributed by atoms with E-state index in [-0.39, 0.29) is 10.5 Å². The third-order valence-electron chi connectivity index (χ3n) is 5.39. The van der Waals surface area contributed by atoms with E-state index < -0.39 is 15.9 Å². The molecule has 7 nitrogen and oxygen atoms in total. The van der Waals surface area contributed by atoms with Crippen LogP contribution < -0.4 is 10.1 Å². The number of sulfonamides is 1. The van der Waals surface area contributed by atoms with Crippen LogP contribution in [-0.2, 0) is 10.0 Å². The molecule has 0 spiro atoms. The van der Waals surface area contributed by atoms with Crippen molar-refractivity contribution in [3.05, 3.63) is 83.4 Å². The Morgan fingerprint density at radius 1 is 0.909 bits per heavy atom. The number of hydrogen-bond acceptors (Lipinski definition) is 5. The number of nitrogens with one attached hydrogen (secondary N) is 1. The number of ether oxygens (including phenoxy) is 1. The fourth-order valence-electron chi connectivity index (χ4n) is 3.47. The van der Waals surface area contributed by atoms with E-state index in [4.69, 9.17) is 16.3 Å². The SMILES string of the molecule is CN1CCN(S(=O)(=O)c2cccc(C(=O)Nc3ccccc3Oc3ccccc3Cl)c2)CC1. The number of benzene rings is 3. The second-order valence-corrected chi connectivity index (χ2v) is 10.1. The van der Waals surface area contributed by atoms with Gasteiger partial charge in [0.15, 0.2) is 5.75 Å². The smallest absolute Gasteiger partial charge is 0.255 e. The molecule has 9 heteroatoms. The van der Waals surface area contributed by atoms with Gasteiger partial charge in [0, 0.05) is 31.7 Å². The highest BCUT2D eigenvalue weighted by Gasteiger charge is 2.28. The molecule has 1 aliphatic rings. The van der Waals surface area contributed by atoms with Crippen molar-refractivity contribution >= 4 is 33.2 Å². The van der Waals surface area contributed by atoms with Crippen molar-refractivity contribution in [3.63, 3.8) is 0 Å². The first kappa shape index (κ1) is 23.3. The molecule has 33 heavy (non-hydrogen) atoms. The normalized spacial score (nSPS) is 15.2. The Labute approximate surface area is 198 Å². The monoisotopic (exact) mass is 485 g/mol. The zero-order valence-corrected chi connectivity index (χ0v) is 19.6. The van der Waals surface area contributed by atoms with Gasteiger partial charge in [0.1, 0.15) is 5.75 Å². The highest BCUT2D eigenvalue weighted by Crippen LogP contribution is 2.33. The van der Waals surface area contributed by atoms with Gasteiger partial charge < -0.3 is 15.0 Å². The molecule has 3 aromatic carbocycles. The van der Waals surface area contributed by atoms with E-state index in [1.807, 2.05) is 7.05 Å². The Morgan fingerprint density at radius 2 is 1.58 bits per heavy atom. The molecule has 1 amide bonds. The number of anilines is 1. The molecule has 0 bridgehead atoms. The standard InChI is InChI=1S/C24H24ClN3O4S/c1-27-13-15-28(16-14-27)33(30,31)19-8-6-7-18(17-19)24(29)26-21-10-3-5-12-23(21)32-22-11-4-2-9-20(22)25/h2-12,17H,13-16H2,1H3,(H,26,29). The molecule has 0 aliphatic carbocycles. The van der Waals surface area contributed by atoms with E-state index in [9.17, 15) is 13.2 Å². The Balaban J connectivity index is 1.54. The number of halogens is 1. The van der Waals surface area contributed by atoms with E-state index in [2.05, 4.69) is 10.2 Å². The third kappa shape index (κ3) is 5.36. The van der Waals surface area contributed by atoms with Gasteiger partial charge in [-0.05, 0) is 49.5 Å². The lowest BCUT2D eigenvalue weighted by Gasteiger charge is -2.31. The quantitative estimate of drug-likeness (QED) is 0.562. The van der Waals surface area contributed by atoms with Gasteiger partial charge in [-0.2, -0.15) is 4.31 Å². The molecule has 0 saturated carbocycles. The first-order chi connectivity index (χ1) is 15.8. The Kier molecular flexibility index (Phi) is 6.99. The summed E-state index contributed by atoms with van der Waals surface area (Å²) in [7, 11) is -1.72. The fourth-order valence-corrected chi connectivity index (χ4v) is 5.12. The molecule has 172 valence electrons. The Bertz CT molecular complexity index is 1260. The minimum Gasteiger partial charge on any atom is -0.454 e. The van der Waals surface area contributed by atoms with Gasteiger partial charge in [0.25, 0.3) is 5.91 Å². The molecule has 3 aromatic rings. The Hall–Kier alpha value is -2.91. The van der Waals surface area contributed by atoms with Crippen LogP contribution in [0.5, 0.6) is 11.5 Å². The molecule has 0 unspecified atom stereocenters. The number of carbonyl (C=O) groups is 1. The molecule has 1 N–H and O–H groups in total. The van der Waals surface area contributed by atoms with Crippen LogP contribution in [-0.4, -0.2) is 56.8 Å². The van der Waals surface area contributed by atoms with Crippen LogP contribution >= 0.6 is 11.6 Å². The highest BCUT2D eigenvalue weighted by molar-refractivity contribution is 7.89. The zero-order chi connectivity index (χ0) is 23.4. The van der Waals surface area contributed by atoms with Gasteiger partial charge >= 0.3 is 0 Å². The first-order valence-electron chi connectivity index (χ1n) is 10.5. The van der Waals surface area contributed by atoms with E-state index in [1.54, 1.807) is 60.7 Å². The number of piperazine rings is 1. The lowest BCUT2D eigenvalue weighted by atomic mass is 10.2. The average molecular weight is 486 g/mol. The lowest BCUT2D eigenvalue weighted by molar-refractivity contribution is 0.102. The minimum absolute atomic E-state index is 0.0975. The first-order valence-corrected chi connectivity index (χ1v) is 12.3. The molecule has 0 aromatic heterocycles. The maximum Gasteiger partial charge on any atom is 0.255 e. The van der Waals surface area contributed by atoms with Crippen molar-refractivity contribution in [2.24, 2.45) is 0 Å². The summed E-state index contributed by atoms with van der Waals surface area (Å²) in [5.74, 6) is 0.432. The number of rotatable bonds is 6. The number of amides is 1. The van der Waals surface area contributed by atoms with Crippen LogP contribution in [0.3, 0.4) is 0 Å². The summed E-state index contributed by atoms with van der Waals surface area (Å²) >= 11 is 6.18. The second kappa shape index (κ2) is 9.93. The van der Waals surface area contributed by atoms with Gasteiger partial charge in [-0.1, -0.05) is 41.9 Å². The molecular formula is C24H24ClN3O4S. The summed E-state index contributed by atoms with van der Waals surface area (Å²) in [4.78, 5) is 15.2. The van der Waals surface area contributed by atoms with Crippen molar-refractivity contribution in [1.29, 1.82) is 0 Å². The predicted molar refractivity (Wildman–Crippen MR) is 129 cm³/mol. The summed E-state index contributed by atoms with van der Waals surface area (Å²) in [6.45, 7) is 2.17.